The minimum atomic E-state index is 0.211. The van der Waals surface area contributed by atoms with Gasteiger partial charge in [-0.2, -0.15) is 0 Å². The second-order valence-electron chi connectivity index (χ2n) is 4.11. The van der Waals surface area contributed by atoms with Crippen LogP contribution >= 0.6 is 0 Å². The van der Waals surface area contributed by atoms with Gasteiger partial charge >= 0.3 is 0 Å². The quantitative estimate of drug-likeness (QED) is 0.627. The number of hydrogen-bond donors (Lipinski definition) is 2. The average molecular weight is 192 g/mol. The van der Waals surface area contributed by atoms with E-state index in [-0.39, 0.29) is 23.3 Å². The Balaban J connectivity index is 4.65. The number of rotatable bonds is 5. The lowest BCUT2D eigenvalue weighted by molar-refractivity contribution is 0.798. The van der Waals surface area contributed by atoms with Gasteiger partial charge in [-0.3, -0.25) is 10.8 Å². The summed E-state index contributed by atoms with van der Waals surface area (Å²) >= 11 is 0. The zero-order valence-electron chi connectivity index (χ0n) is 9.57. The highest BCUT2D eigenvalue weighted by atomic mass is 14.5. The van der Waals surface area contributed by atoms with Crippen LogP contribution in [0.3, 0.4) is 0 Å². The van der Waals surface area contributed by atoms with Crippen LogP contribution in [0.5, 0.6) is 0 Å². The van der Waals surface area contributed by atoms with Crippen molar-refractivity contribution in [2.24, 2.45) is 11.8 Å². The largest absolute Gasteiger partial charge is 0.298 e. The van der Waals surface area contributed by atoms with Gasteiger partial charge in [-0.1, -0.05) is 40.9 Å². The van der Waals surface area contributed by atoms with Crippen LogP contribution in [0.1, 0.15) is 27.7 Å². The van der Waals surface area contributed by atoms with Gasteiger partial charge in [0.05, 0.1) is 11.4 Å². The molecule has 2 N–H and O–H groups in total. The summed E-state index contributed by atoms with van der Waals surface area (Å²) in [5.74, 6) is 0.422. The van der Waals surface area contributed by atoms with Crippen molar-refractivity contribution in [2.45, 2.75) is 27.7 Å². The van der Waals surface area contributed by atoms with Gasteiger partial charge in [-0.15, -0.1) is 0 Å². The standard InChI is InChI=1S/C12H20N2/c1-7(2)9(5)11(13)12(14)10(6)8(3)4/h7-8,13-14H,5-6H2,1-4H3. The molecule has 78 valence electrons. The van der Waals surface area contributed by atoms with Crippen LogP contribution in [0.2, 0.25) is 0 Å². The maximum absolute atomic E-state index is 7.77. The van der Waals surface area contributed by atoms with E-state index in [1.54, 1.807) is 0 Å². The van der Waals surface area contributed by atoms with Crippen molar-refractivity contribution >= 4 is 11.4 Å². The first-order valence-corrected chi connectivity index (χ1v) is 4.84. The SMILES string of the molecule is C=C(C(=N)C(=N)C(=C)C(C)C)C(C)C. The summed E-state index contributed by atoms with van der Waals surface area (Å²) in [7, 11) is 0. The summed E-state index contributed by atoms with van der Waals surface area (Å²) in [5.41, 5.74) is 1.85. The van der Waals surface area contributed by atoms with Crippen molar-refractivity contribution in [3.63, 3.8) is 0 Å². The van der Waals surface area contributed by atoms with E-state index in [1.165, 1.54) is 0 Å². The van der Waals surface area contributed by atoms with E-state index in [9.17, 15) is 0 Å². The zero-order valence-corrected chi connectivity index (χ0v) is 9.57. The topological polar surface area (TPSA) is 47.7 Å². The Hall–Kier alpha value is -1.18. The van der Waals surface area contributed by atoms with Gasteiger partial charge in [-0.25, -0.2) is 0 Å². The molecule has 0 aromatic carbocycles. The summed E-state index contributed by atoms with van der Waals surface area (Å²) in [4.78, 5) is 0. The van der Waals surface area contributed by atoms with Crippen molar-refractivity contribution in [1.82, 2.24) is 0 Å². The predicted molar refractivity (Wildman–Crippen MR) is 63.4 cm³/mol. The van der Waals surface area contributed by atoms with Gasteiger partial charge < -0.3 is 0 Å². The minimum Gasteiger partial charge on any atom is -0.298 e. The second-order valence-corrected chi connectivity index (χ2v) is 4.11. The van der Waals surface area contributed by atoms with E-state index in [4.69, 9.17) is 10.8 Å². The lowest BCUT2D eigenvalue weighted by Gasteiger charge is -2.15. The van der Waals surface area contributed by atoms with Crippen molar-refractivity contribution in [3.05, 3.63) is 24.3 Å². The van der Waals surface area contributed by atoms with Gasteiger partial charge in [0.2, 0.25) is 0 Å². The lowest BCUT2D eigenvalue weighted by Crippen LogP contribution is -2.20. The Morgan fingerprint density at radius 3 is 1.14 bits per heavy atom. The molecular weight excluding hydrogens is 172 g/mol. The highest BCUT2D eigenvalue weighted by Crippen LogP contribution is 2.15. The van der Waals surface area contributed by atoms with E-state index in [2.05, 4.69) is 13.2 Å². The van der Waals surface area contributed by atoms with Gasteiger partial charge in [0.1, 0.15) is 0 Å². The number of allylic oxidation sites excluding steroid dienone is 2. The van der Waals surface area contributed by atoms with Gasteiger partial charge in [-0.05, 0) is 23.0 Å². The molecule has 0 aliphatic carbocycles. The van der Waals surface area contributed by atoms with Crippen molar-refractivity contribution in [3.8, 4) is 0 Å². The molecule has 0 saturated heterocycles. The van der Waals surface area contributed by atoms with Crippen LogP contribution < -0.4 is 0 Å². The molecule has 0 bridgehead atoms. The molecule has 0 aromatic heterocycles. The third kappa shape index (κ3) is 2.95. The molecule has 0 spiro atoms. The third-order valence-corrected chi connectivity index (χ3v) is 2.29. The molecule has 2 nitrogen and oxygen atoms in total. The summed E-state index contributed by atoms with van der Waals surface area (Å²) in [6.45, 7) is 15.5. The fourth-order valence-corrected chi connectivity index (χ4v) is 0.898. The monoisotopic (exact) mass is 192 g/mol. The van der Waals surface area contributed by atoms with Crippen molar-refractivity contribution < 1.29 is 0 Å². The molecule has 0 radical (unpaired) electrons. The second kappa shape index (κ2) is 4.89. The third-order valence-electron chi connectivity index (χ3n) is 2.29. The predicted octanol–water partition coefficient (Wildman–Crippen LogP) is 3.45. The fourth-order valence-electron chi connectivity index (χ4n) is 0.898. The minimum absolute atomic E-state index is 0.211. The first-order valence-electron chi connectivity index (χ1n) is 4.84. The number of hydrogen-bond acceptors (Lipinski definition) is 2. The molecular formula is C12H20N2. The summed E-state index contributed by atoms with van der Waals surface area (Å²) in [6.07, 6.45) is 0. The van der Waals surface area contributed by atoms with Gasteiger partial charge in [0.15, 0.2) is 0 Å². The summed E-state index contributed by atoms with van der Waals surface area (Å²) < 4.78 is 0. The maximum atomic E-state index is 7.77. The molecule has 0 amide bonds. The van der Waals surface area contributed by atoms with E-state index in [0.29, 0.717) is 11.1 Å². The molecule has 0 aliphatic rings. The molecule has 0 heterocycles. The molecule has 0 atom stereocenters. The van der Waals surface area contributed by atoms with Crippen LogP contribution in [0, 0.1) is 22.7 Å². The Morgan fingerprint density at radius 1 is 0.786 bits per heavy atom. The Labute approximate surface area is 86.7 Å². The Bertz CT molecular complexity index is 253. The summed E-state index contributed by atoms with van der Waals surface area (Å²) in [6, 6.07) is 0. The van der Waals surface area contributed by atoms with Gasteiger partial charge in [0.25, 0.3) is 0 Å². The zero-order chi connectivity index (χ0) is 11.5. The molecule has 14 heavy (non-hydrogen) atoms. The highest BCUT2D eigenvalue weighted by molar-refractivity contribution is 6.51. The average Bonchev–Trinajstić information content (AvgIpc) is 2.12. The van der Waals surface area contributed by atoms with E-state index in [1.807, 2.05) is 27.7 Å². The van der Waals surface area contributed by atoms with E-state index in [0.717, 1.165) is 0 Å². The fraction of sp³-hybridized carbons (Fsp3) is 0.500. The first kappa shape index (κ1) is 12.8. The van der Waals surface area contributed by atoms with Crippen LogP contribution in [0.25, 0.3) is 0 Å². The van der Waals surface area contributed by atoms with Crippen LogP contribution in [0.4, 0.5) is 0 Å². The Morgan fingerprint density at radius 2 is 1.00 bits per heavy atom. The highest BCUT2D eigenvalue weighted by Gasteiger charge is 2.16. The maximum Gasteiger partial charge on any atom is 0.0820 e. The summed E-state index contributed by atoms with van der Waals surface area (Å²) in [5, 5.41) is 15.5. The van der Waals surface area contributed by atoms with E-state index < -0.39 is 0 Å². The first-order chi connectivity index (χ1) is 6.29. The van der Waals surface area contributed by atoms with Crippen molar-refractivity contribution in [1.29, 1.82) is 10.8 Å². The lowest BCUT2D eigenvalue weighted by atomic mass is 9.90. The molecule has 2 heteroatoms. The normalized spacial score (nSPS) is 10.4. The smallest absolute Gasteiger partial charge is 0.0820 e. The van der Waals surface area contributed by atoms with Crippen LogP contribution in [0.15, 0.2) is 24.3 Å². The van der Waals surface area contributed by atoms with Gasteiger partial charge in [0, 0.05) is 0 Å². The Kier molecular flexibility index (Phi) is 4.48. The molecule has 0 aromatic rings. The number of nitrogens with one attached hydrogen (secondary N) is 2. The molecule has 0 aliphatic heterocycles. The molecule has 0 unspecified atom stereocenters. The molecule has 0 rings (SSSR count). The molecule has 0 fully saturated rings. The van der Waals surface area contributed by atoms with Crippen molar-refractivity contribution in [2.75, 3.05) is 0 Å². The molecule has 0 saturated carbocycles. The van der Waals surface area contributed by atoms with E-state index >= 15 is 0 Å². The van der Waals surface area contributed by atoms with Crippen LogP contribution in [-0.4, -0.2) is 11.4 Å². The van der Waals surface area contributed by atoms with Crippen LogP contribution in [-0.2, 0) is 0 Å².